The first kappa shape index (κ1) is 11.7. The van der Waals surface area contributed by atoms with Crippen molar-refractivity contribution < 1.29 is 9.90 Å². The van der Waals surface area contributed by atoms with Crippen molar-refractivity contribution in [1.29, 1.82) is 0 Å². The molecule has 5 nitrogen and oxygen atoms in total. The Morgan fingerprint density at radius 3 is 2.59 bits per heavy atom. The molecule has 0 spiro atoms. The number of piperidine rings is 1. The lowest BCUT2D eigenvalue weighted by atomic mass is 10.1. The number of aliphatic carboxylic acids is 1. The lowest BCUT2D eigenvalue weighted by Gasteiger charge is -2.28. The molecule has 1 N–H and O–H groups in total. The molecule has 1 aromatic heterocycles. The van der Waals surface area contributed by atoms with Gasteiger partial charge in [-0.1, -0.05) is 0 Å². The van der Waals surface area contributed by atoms with Gasteiger partial charge < -0.3 is 14.6 Å². The maximum absolute atomic E-state index is 11.5. The molecule has 0 saturated carbocycles. The Kier molecular flexibility index (Phi) is 3.46. The predicted molar refractivity (Wildman–Crippen MR) is 64.4 cm³/mol. The molecular weight excluding hydrogens is 220 g/mol. The summed E-state index contributed by atoms with van der Waals surface area (Å²) in [5.74, 6) is -0.997. The summed E-state index contributed by atoms with van der Waals surface area (Å²) >= 11 is 0. The van der Waals surface area contributed by atoms with Crippen molar-refractivity contribution in [3.05, 3.63) is 28.7 Å². The summed E-state index contributed by atoms with van der Waals surface area (Å²) in [5.41, 5.74) is 0.665. The second-order valence-electron chi connectivity index (χ2n) is 4.29. The van der Waals surface area contributed by atoms with E-state index < -0.39 is 5.97 Å². The zero-order chi connectivity index (χ0) is 12.3. The molecule has 2 heterocycles. The Labute approximate surface area is 99.3 Å². The molecule has 92 valence electrons. The van der Waals surface area contributed by atoms with Gasteiger partial charge in [-0.05, 0) is 25.3 Å². The third-order valence-electron chi connectivity index (χ3n) is 2.99. The largest absolute Gasteiger partial charge is 0.480 e. The average molecular weight is 236 g/mol. The van der Waals surface area contributed by atoms with Gasteiger partial charge in [0.15, 0.2) is 0 Å². The normalized spacial score (nSPS) is 15.9. The van der Waals surface area contributed by atoms with Crippen molar-refractivity contribution in [1.82, 2.24) is 4.57 Å². The molecule has 0 amide bonds. The molecular formula is C12H16N2O3. The molecule has 0 unspecified atom stereocenters. The van der Waals surface area contributed by atoms with Gasteiger partial charge in [0.05, 0.1) is 5.69 Å². The predicted octanol–water partition coefficient (Wildman–Crippen LogP) is 0.923. The van der Waals surface area contributed by atoms with Gasteiger partial charge in [-0.2, -0.15) is 0 Å². The molecule has 1 aliphatic rings. The summed E-state index contributed by atoms with van der Waals surface area (Å²) in [6, 6.07) is 3.21. The van der Waals surface area contributed by atoms with Crippen LogP contribution in [0.2, 0.25) is 0 Å². The summed E-state index contributed by atoms with van der Waals surface area (Å²) in [6.07, 6.45) is 5.18. The number of aromatic nitrogens is 1. The first-order chi connectivity index (χ1) is 8.16. The zero-order valence-electron chi connectivity index (χ0n) is 9.63. The summed E-state index contributed by atoms with van der Waals surface area (Å²) in [7, 11) is 0. The van der Waals surface area contributed by atoms with Crippen LogP contribution in [0.1, 0.15) is 19.3 Å². The Bertz CT molecular complexity index is 461. The van der Waals surface area contributed by atoms with E-state index in [1.807, 2.05) is 0 Å². The van der Waals surface area contributed by atoms with Crippen LogP contribution in [0.4, 0.5) is 5.69 Å². The quantitative estimate of drug-likeness (QED) is 0.847. The van der Waals surface area contributed by atoms with Gasteiger partial charge >= 0.3 is 5.97 Å². The van der Waals surface area contributed by atoms with E-state index in [4.69, 9.17) is 5.11 Å². The number of carbonyl (C=O) groups is 1. The minimum atomic E-state index is -0.997. The summed E-state index contributed by atoms with van der Waals surface area (Å²) in [4.78, 5) is 24.3. The third-order valence-corrected chi connectivity index (χ3v) is 2.99. The van der Waals surface area contributed by atoms with Crippen LogP contribution in [0, 0.1) is 0 Å². The molecule has 1 saturated heterocycles. The smallest absolute Gasteiger partial charge is 0.323 e. The van der Waals surface area contributed by atoms with E-state index in [1.165, 1.54) is 17.1 Å². The van der Waals surface area contributed by atoms with Crippen molar-refractivity contribution in [3.8, 4) is 0 Å². The van der Waals surface area contributed by atoms with Gasteiger partial charge in [-0.25, -0.2) is 0 Å². The molecule has 2 rings (SSSR count). The number of hydrogen-bond donors (Lipinski definition) is 1. The van der Waals surface area contributed by atoms with E-state index in [0.717, 1.165) is 31.6 Å². The van der Waals surface area contributed by atoms with Crippen LogP contribution in [-0.2, 0) is 11.3 Å². The number of carboxylic acid groups (broad SMARTS) is 1. The number of hydrogen-bond acceptors (Lipinski definition) is 3. The minimum absolute atomic E-state index is 0.270. The number of anilines is 1. The monoisotopic (exact) mass is 236 g/mol. The lowest BCUT2D eigenvalue weighted by Crippen LogP contribution is -2.31. The van der Waals surface area contributed by atoms with E-state index in [-0.39, 0.29) is 12.1 Å². The van der Waals surface area contributed by atoms with Gasteiger partial charge in [0, 0.05) is 25.4 Å². The highest BCUT2D eigenvalue weighted by Crippen LogP contribution is 2.17. The first-order valence-electron chi connectivity index (χ1n) is 5.84. The highest BCUT2D eigenvalue weighted by molar-refractivity contribution is 5.66. The molecule has 1 aliphatic heterocycles. The standard InChI is InChI=1S/C12H16N2O3/c15-11-5-4-10(8-14(11)9-12(16)17)13-6-2-1-3-7-13/h4-5,8H,1-3,6-7,9H2,(H,16,17). The van der Waals surface area contributed by atoms with E-state index in [1.54, 1.807) is 12.3 Å². The number of rotatable bonds is 3. The molecule has 1 aromatic rings. The van der Waals surface area contributed by atoms with Gasteiger partial charge in [-0.15, -0.1) is 0 Å². The van der Waals surface area contributed by atoms with Crippen LogP contribution < -0.4 is 10.5 Å². The van der Waals surface area contributed by atoms with Gasteiger partial charge in [-0.3, -0.25) is 9.59 Å². The summed E-state index contributed by atoms with van der Waals surface area (Å²) in [5, 5.41) is 8.72. The Morgan fingerprint density at radius 1 is 1.24 bits per heavy atom. The first-order valence-corrected chi connectivity index (χ1v) is 5.84. The van der Waals surface area contributed by atoms with Crippen LogP contribution >= 0.6 is 0 Å². The Balaban J connectivity index is 2.23. The molecule has 0 bridgehead atoms. The molecule has 5 heteroatoms. The molecule has 0 atom stereocenters. The second kappa shape index (κ2) is 5.03. The summed E-state index contributed by atoms with van der Waals surface area (Å²) in [6.45, 7) is 1.68. The van der Waals surface area contributed by atoms with Crippen molar-refractivity contribution in [3.63, 3.8) is 0 Å². The van der Waals surface area contributed by atoms with Crippen molar-refractivity contribution in [2.24, 2.45) is 0 Å². The van der Waals surface area contributed by atoms with E-state index >= 15 is 0 Å². The molecule has 0 radical (unpaired) electrons. The zero-order valence-corrected chi connectivity index (χ0v) is 9.63. The van der Waals surface area contributed by atoms with Gasteiger partial charge in [0.2, 0.25) is 0 Å². The fraction of sp³-hybridized carbons (Fsp3) is 0.500. The van der Waals surface area contributed by atoms with Crippen LogP contribution in [0.3, 0.4) is 0 Å². The highest BCUT2D eigenvalue weighted by atomic mass is 16.4. The molecule has 0 aromatic carbocycles. The van der Waals surface area contributed by atoms with E-state index in [0.29, 0.717) is 0 Å². The van der Waals surface area contributed by atoms with Crippen molar-refractivity contribution >= 4 is 11.7 Å². The number of pyridine rings is 1. The number of nitrogens with zero attached hydrogens (tertiary/aromatic N) is 2. The Morgan fingerprint density at radius 2 is 1.94 bits per heavy atom. The van der Waals surface area contributed by atoms with Gasteiger partial charge in [0.25, 0.3) is 5.56 Å². The molecule has 17 heavy (non-hydrogen) atoms. The van der Waals surface area contributed by atoms with Crippen LogP contribution in [0.15, 0.2) is 23.1 Å². The summed E-state index contributed by atoms with van der Waals surface area (Å²) < 4.78 is 1.24. The maximum Gasteiger partial charge on any atom is 0.323 e. The van der Waals surface area contributed by atoms with Crippen LogP contribution in [-0.4, -0.2) is 28.7 Å². The van der Waals surface area contributed by atoms with E-state index in [2.05, 4.69) is 4.90 Å². The average Bonchev–Trinajstić information content (AvgIpc) is 2.32. The second-order valence-corrected chi connectivity index (χ2v) is 4.29. The highest BCUT2D eigenvalue weighted by Gasteiger charge is 2.12. The number of carboxylic acids is 1. The Hall–Kier alpha value is -1.78. The fourth-order valence-corrected chi connectivity index (χ4v) is 2.13. The van der Waals surface area contributed by atoms with Gasteiger partial charge in [0.1, 0.15) is 6.54 Å². The topological polar surface area (TPSA) is 62.5 Å². The lowest BCUT2D eigenvalue weighted by molar-refractivity contribution is -0.137. The third kappa shape index (κ3) is 2.87. The molecule has 1 fully saturated rings. The molecule has 0 aliphatic carbocycles. The van der Waals surface area contributed by atoms with E-state index in [9.17, 15) is 9.59 Å². The van der Waals surface area contributed by atoms with Crippen molar-refractivity contribution in [2.75, 3.05) is 18.0 Å². The minimum Gasteiger partial charge on any atom is -0.480 e. The SMILES string of the molecule is O=C(O)Cn1cc(N2CCCCC2)ccc1=O. The van der Waals surface area contributed by atoms with Crippen LogP contribution in [0.5, 0.6) is 0 Å². The fourth-order valence-electron chi connectivity index (χ4n) is 2.13. The maximum atomic E-state index is 11.5. The van der Waals surface area contributed by atoms with Crippen LogP contribution in [0.25, 0.3) is 0 Å². The van der Waals surface area contributed by atoms with Crippen molar-refractivity contribution in [2.45, 2.75) is 25.8 Å².